The average molecular weight is 561 g/mol. The highest BCUT2D eigenvalue weighted by atomic mass is 79.9. The maximum absolute atomic E-state index is 12.5. The molecular weight excluding hydrogens is 538 g/mol. The smallest absolute Gasteiger partial charge is 0.271 e. The van der Waals surface area contributed by atoms with Crippen molar-refractivity contribution in [2.75, 3.05) is 25.6 Å². The lowest BCUT2D eigenvalue weighted by molar-refractivity contribution is -0.118. The lowest BCUT2D eigenvalue weighted by atomic mass is 10.2. The Morgan fingerprint density at radius 3 is 2.46 bits per heavy atom. The highest BCUT2D eigenvalue weighted by molar-refractivity contribution is 9.10. The summed E-state index contributed by atoms with van der Waals surface area (Å²) in [4.78, 5) is 24.7. The van der Waals surface area contributed by atoms with E-state index in [0.717, 1.165) is 4.47 Å². The fourth-order valence-corrected chi connectivity index (χ4v) is 3.44. The van der Waals surface area contributed by atoms with Crippen LogP contribution in [0.25, 0.3) is 0 Å². The van der Waals surface area contributed by atoms with Gasteiger partial charge < -0.3 is 19.5 Å². The summed E-state index contributed by atoms with van der Waals surface area (Å²) >= 11 is 9.26. The molecule has 35 heavy (non-hydrogen) atoms. The zero-order chi connectivity index (χ0) is 25.2. The molecule has 0 aliphatic carbocycles. The van der Waals surface area contributed by atoms with Gasteiger partial charge in [0, 0.05) is 26.3 Å². The summed E-state index contributed by atoms with van der Waals surface area (Å²) < 4.78 is 17.2. The van der Waals surface area contributed by atoms with Gasteiger partial charge in [-0.3, -0.25) is 9.59 Å². The van der Waals surface area contributed by atoms with Crippen LogP contribution in [0, 0.1) is 0 Å². The van der Waals surface area contributed by atoms with Crippen LogP contribution in [0.4, 0.5) is 5.69 Å². The summed E-state index contributed by atoms with van der Waals surface area (Å²) in [6.07, 6.45) is 1.43. The Hall–Kier alpha value is -3.56. The number of nitrogens with one attached hydrogen (secondary N) is 2. The predicted molar refractivity (Wildman–Crippen MR) is 139 cm³/mol. The summed E-state index contributed by atoms with van der Waals surface area (Å²) in [5, 5.41) is 7.33. The van der Waals surface area contributed by atoms with Gasteiger partial charge in [-0.1, -0.05) is 27.5 Å². The number of carbonyl (C=O) groups is 2. The van der Waals surface area contributed by atoms with E-state index in [-0.39, 0.29) is 12.5 Å². The van der Waals surface area contributed by atoms with E-state index in [9.17, 15) is 9.59 Å². The summed E-state index contributed by atoms with van der Waals surface area (Å²) in [5.74, 6) is 0.646. The third kappa shape index (κ3) is 7.73. The van der Waals surface area contributed by atoms with Crippen LogP contribution in [0.2, 0.25) is 5.02 Å². The Morgan fingerprint density at radius 1 is 1.00 bits per heavy atom. The number of anilines is 1. The summed E-state index contributed by atoms with van der Waals surface area (Å²) in [5.41, 5.74) is 3.99. The molecule has 0 saturated heterocycles. The second-order valence-electron chi connectivity index (χ2n) is 7.02. The molecule has 0 fully saturated rings. The number of hydrazone groups is 1. The Kier molecular flexibility index (Phi) is 9.51. The van der Waals surface area contributed by atoms with Crippen molar-refractivity contribution in [2.45, 2.75) is 6.92 Å². The third-order valence-electron chi connectivity index (χ3n) is 4.55. The fourth-order valence-electron chi connectivity index (χ4n) is 2.93. The van der Waals surface area contributed by atoms with Gasteiger partial charge in [0.05, 0.1) is 19.9 Å². The van der Waals surface area contributed by atoms with Gasteiger partial charge in [0.15, 0.2) is 18.1 Å². The number of methoxy groups -OCH3 is 1. The van der Waals surface area contributed by atoms with Crippen LogP contribution in [0.1, 0.15) is 22.8 Å². The molecule has 10 heteroatoms. The number of amides is 2. The number of hydrogen-bond donors (Lipinski definition) is 2. The molecule has 182 valence electrons. The summed E-state index contributed by atoms with van der Waals surface area (Å²) in [7, 11) is 1.50. The van der Waals surface area contributed by atoms with Gasteiger partial charge >= 0.3 is 0 Å². The van der Waals surface area contributed by atoms with E-state index >= 15 is 0 Å². The Bertz CT molecular complexity index is 1220. The maximum atomic E-state index is 12.5. The molecule has 0 bridgehead atoms. The lowest BCUT2D eigenvalue weighted by Gasteiger charge is -2.11. The highest BCUT2D eigenvalue weighted by Crippen LogP contribution is 2.28. The van der Waals surface area contributed by atoms with Crippen molar-refractivity contribution in [3.05, 3.63) is 81.3 Å². The van der Waals surface area contributed by atoms with Gasteiger partial charge in [-0.15, -0.1) is 0 Å². The van der Waals surface area contributed by atoms with Crippen LogP contribution in [0.15, 0.2) is 70.2 Å². The van der Waals surface area contributed by atoms with Crippen LogP contribution in [-0.4, -0.2) is 38.4 Å². The molecule has 0 heterocycles. The predicted octanol–water partition coefficient (Wildman–Crippen LogP) is 5.29. The SMILES string of the molecule is CCOc1ccc(C(=O)N/N=C/c2cc(Br)ccc2OCC(=O)Nc2ccc(Cl)cc2)cc1OC. The van der Waals surface area contributed by atoms with Crippen LogP contribution >= 0.6 is 27.5 Å². The van der Waals surface area contributed by atoms with Crippen LogP contribution in [0.5, 0.6) is 17.2 Å². The molecule has 3 aromatic rings. The molecular formula is C25H23BrClN3O5. The van der Waals surface area contributed by atoms with Gasteiger partial charge in [0.2, 0.25) is 0 Å². The van der Waals surface area contributed by atoms with Gasteiger partial charge in [-0.2, -0.15) is 5.10 Å². The highest BCUT2D eigenvalue weighted by Gasteiger charge is 2.11. The van der Waals surface area contributed by atoms with Crippen molar-refractivity contribution in [3.8, 4) is 17.2 Å². The molecule has 0 spiro atoms. The first-order valence-electron chi connectivity index (χ1n) is 10.5. The van der Waals surface area contributed by atoms with Crippen molar-refractivity contribution >= 4 is 51.2 Å². The molecule has 2 amide bonds. The summed E-state index contributed by atoms with van der Waals surface area (Å²) in [6, 6.07) is 16.8. The van der Waals surface area contributed by atoms with E-state index in [1.165, 1.54) is 13.3 Å². The minimum absolute atomic E-state index is 0.219. The first-order valence-corrected chi connectivity index (χ1v) is 11.7. The molecule has 0 radical (unpaired) electrons. The normalized spacial score (nSPS) is 10.6. The minimum atomic E-state index is -0.428. The average Bonchev–Trinajstić information content (AvgIpc) is 2.85. The number of hydrogen-bond acceptors (Lipinski definition) is 6. The zero-order valence-corrected chi connectivity index (χ0v) is 21.4. The molecule has 0 saturated carbocycles. The van der Waals surface area contributed by atoms with Crippen molar-refractivity contribution in [1.82, 2.24) is 5.43 Å². The number of nitrogens with zero attached hydrogens (tertiary/aromatic N) is 1. The molecule has 2 N–H and O–H groups in total. The van der Waals surface area contributed by atoms with Crippen LogP contribution in [0.3, 0.4) is 0 Å². The second kappa shape index (κ2) is 12.8. The maximum Gasteiger partial charge on any atom is 0.271 e. The van der Waals surface area contributed by atoms with Gasteiger partial charge in [-0.05, 0) is 67.6 Å². The molecule has 0 atom stereocenters. The quantitative estimate of drug-likeness (QED) is 0.259. The van der Waals surface area contributed by atoms with Crippen molar-refractivity contribution in [3.63, 3.8) is 0 Å². The van der Waals surface area contributed by atoms with E-state index in [0.29, 0.717) is 45.7 Å². The molecule has 3 aromatic carbocycles. The molecule has 0 aliphatic rings. The Balaban J connectivity index is 1.63. The minimum Gasteiger partial charge on any atom is -0.493 e. The summed E-state index contributed by atoms with van der Waals surface area (Å²) in [6.45, 7) is 2.12. The second-order valence-corrected chi connectivity index (χ2v) is 8.38. The Labute approximate surface area is 216 Å². The molecule has 8 nitrogen and oxygen atoms in total. The van der Waals surface area contributed by atoms with E-state index in [2.05, 4.69) is 31.8 Å². The zero-order valence-electron chi connectivity index (χ0n) is 19.0. The van der Waals surface area contributed by atoms with E-state index in [4.69, 9.17) is 25.8 Å². The first kappa shape index (κ1) is 26.1. The number of rotatable bonds is 10. The van der Waals surface area contributed by atoms with Gasteiger partial charge in [0.1, 0.15) is 5.75 Å². The van der Waals surface area contributed by atoms with Crippen LogP contribution in [-0.2, 0) is 4.79 Å². The molecule has 0 aromatic heterocycles. The Morgan fingerprint density at radius 2 is 1.74 bits per heavy atom. The molecule has 3 rings (SSSR count). The topological polar surface area (TPSA) is 98.3 Å². The molecule has 0 aliphatic heterocycles. The van der Waals surface area contributed by atoms with Gasteiger partial charge in [-0.25, -0.2) is 5.43 Å². The van der Waals surface area contributed by atoms with E-state index in [1.54, 1.807) is 60.7 Å². The van der Waals surface area contributed by atoms with Crippen molar-refractivity contribution < 1.29 is 23.8 Å². The van der Waals surface area contributed by atoms with Crippen LogP contribution < -0.4 is 25.0 Å². The third-order valence-corrected chi connectivity index (χ3v) is 5.30. The lowest BCUT2D eigenvalue weighted by Crippen LogP contribution is -2.20. The monoisotopic (exact) mass is 559 g/mol. The van der Waals surface area contributed by atoms with E-state index < -0.39 is 5.91 Å². The van der Waals surface area contributed by atoms with Crippen molar-refractivity contribution in [1.29, 1.82) is 0 Å². The fraction of sp³-hybridized carbons (Fsp3) is 0.160. The number of benzene rings is 3. The largest absolute Gasteiger partial charge is 0.493 e. The van der Waals surface area contributed by atoms with E-state index in [1.807, 2.05) is 6.92 Å². The number of halogens is 2. The standard InChI is InChI=1S/C25H23BrClN3O5/c1-3-34-22-10-4-16(13-23(22)33-2)25(32)30-28-14-17-12-18(26)5-11-21(17)35-15-24(31)29-20-8-6-19(27)7-9-20/h4-14H,3,15H2,1-2H3,(H,29,31)(H,30,32)/b28-14+. The first-order chi connectivity index (χ1) is 16.9. The van der Waals surface area contributed by atoms with Gasteiger partial charge in [0.25, 0.3) is 11.8 Å². The van der Waals surface area contributed by atoms with Crippen molar-refractivity contribution in [2.24, 2.45) is 5.10 Å². The number of carbonyl (C=O) groups excluding carboxylic acids is 2. The number of ether oxygens (including phenoxy) is 3. The molecule has 0 unspecified atom stereocenters.